The normalized spacial score (nSPS) is 18.4. The molecule has 1 fully saturated rings. The molecule has 2 aliphatic rings. The Kier molecular flexibility index (Phi) is 7.81. The first-order chi connectivity index (χ1) is 19.8. The molecular formula is C28H32F2N6O5S. The molecule has 3 aromatic rings. The number of aromatic nitrogens is 2. The summed E-state index contributed by atoms with van der Waals surface area (Å²) in [5, 5.41) is 12.7. The number of fused-ring (bicyclic) bond motifs is 1. The third-order valence-corrected chi connectivity index (χ3v) is 9.17. The highest BCUT2D eigenvalue weighted by atomic mass is 32.2. The van der Waals surface area contributed by atoms with Gasteiger partial charge in [-0.05, 0) is 43.2 Å². The smallest absolute Gasteiger partial charge is 0.258 e. The standard InChI is InChI=1S/C28H32F2N6O5S/c1-28(2)15-36(42(39,40)19-11-16(29)10-17(30)12-19)14-21-24(28)33-34-25(21)32-26(37)20-8-7-18(35(3)4)13-22(20)31-27(38)23-6-5-9-41-23/h7-8,10-13,23H,5-6,9,14-15H2,1-4H3,(H,31,38)(H2,32,33,34,37)/t23-/m1/s1. The molecule has 2 aromatic carbocycles. The minimum Gasteiger partial charge on any atom is -0.378 e. The van der Waals surface area contributed by atoms with Crippen LogP contribution in [0.1, 0.15) is 48.3 Å². The van der Waals surface area contributed by atoms with Crippen LogP contribution in [0.4, 0.5) is 26.0 Å². The van der Waals surface area contributed by atoms with Crippen molar-refractivity contribution < 1.29 is 31.5 Å². The average Bonchev–Trinajstić information content (AvgIpc) is 3.59. The first-order valence-electron chi connectivity index (χ1n) is 13.4. The molecule has 14 heteroatoms. The third-order valence-electron chi connectivity index (χ3n) is 7.40. The number of sulfonamides is 1. The zero-order valence-corrected chi connectivity index (χ0v) is 24.4. The first kappa shape index (κ1) is 29.6. The molecule has 0 bridgehead atoms. The lowest BCUT2D eigenvalue weighted by Gasteiger charge is -2.36. The second-order valence-corrected chi connectivity index (χ2v) is 13.2. The molecule has 0 spiro atoms. The van der Waals surface area contributed by atoms with Gasteiger partial charge in [-0.25, -0.2) is 17.2 Å². The summed E-state index contributed by atoms with van der Waals surface area (Å²) in [6.07, 6.45) is 0.742. The highest BCUT2D eigenvalue weighted by Gasteiger charge is 2.41. The Morgan fingerprint density at radius 3 is 2.48 bits per heavy atom. The highest BCUT2D eigenvalue weighted by Crippen LogP contribution is 2.38. The monoisotopic (exact) mass is 602 g/mol. The van der Waals surface area contributed by atoms with E-state index in [-0.39, 0.29) is 36.1 Å². The maximum Gasteiger partial charge on any atom is 0.258 e. The van der Waals surface area contributed by atoms with Gasteiger partial charge in [0.05, 0.1) is 16.1 Å². The topological polar surface area (TPSA) is 137 Å². The van der Waals surface area contributed by atoms with Crippen LogP contribution in [-0.4, -0.2) is 68.1 Å². The fraction of sp³-hybridized carbons (Fsp3) is 0.393. The minimum atomic E-state index is -4.30. The molecule has 1 atom stereocenters. The average molecular weight is 603 g/mol. The molecule has 3 N–H and O–H groups in total. The number of hydrogen-bond acceptors (Lipinski definition) is 7. The minimum absolute atomic E-state index is 0.00145. The van der Waals surface area contributed by atoms with E-state index in [9.17, 15) is 26.8 Å². The van der Waals surface area contributed by atoms with Crippen LogP contribution in [0, 0.1) is 11.6 Å². The summed E-state index contributed by atoms with van der Waals surface area (Å²) < 4.78 is 61.2. The summed E-state index contributed by atoms with van der Waals surface area (Å²) in [6.45, 7) is 3.88. The number of H-pyrrole nitrogens is 1. The number of aromatic amines is 1. The van der Waals surface area contributed by atoms with Crippen molar-refractivity contribution in [1.29, 1.82) is 0 Å². The number of nitrogens with zero attached hydrogens (tertiary/aromatic N) is 3. The molecule has 5 rings (SSSR count). The number of halogens is 2. The van der Waals surface area contributed by atoms with Crippen LogP contribution in [0.25, 0.3) is 0 Å². The van der Waals surface area contributed by atoms with Crippen LogP contribution in [-0.2, 0) is 31.5 Å². The van der Waals surface area contributed by atoms with Crippen molar-refractivity contribution in [3.05, 3.63) is 64.9 Å². The number of carbonyl (C=O) groups excluding carboxylic acids is 2. The van der Waals surface area contributed by atoms with Crippen LogP contribution in [0.15, 0.2) is 41.3 Å². The van der Waals surface area contributed by atoms with E-state index in [4.69, 9.17) is 4.74 Å². The van der Waals surface area contributed by atoms with Crippen molar-refractivity contribution >= 4 is 39.0 Å². The van der Waals surface area contributed by atoms with Crippen molar-refractivity contribution in [3.8, 4) is 0 Å². The zero-order chi connectivity index (χ0) is 30.4. The molecule has 1 saturated heterocycles. The third kappa shape index (κ3) is 5.74. The van der Waals surface area contributed by atoms with Gasteiger partial charge >= 0.3 is 0 Å². The van der Waals surface area contributed by atoms with Crippen molar-refractivity contribution in [3.63, 3.8) is 0 Å². The van der Waals surface area contributed by atoms with Gasteiger partial charge in [-0.2, -0.15) is 9.40 Å². The van der Waals surface area contributed by atoms with E-state index >= 15 is 0 Å². The van der Waals surface area contributed by atoms with Crippen molar-refractivity contribution in [2.24, 2.45) is 0 Å². The summed E-state index contributed by atoms with van der Waals surface area (Å²) >= 11 is 0. The predicted octanol–water partition coefficient (Wildman–Crippen LogP) is 3.61. The second-order valence-electron chi connectivity index (χ2n) is 11.3. The van der Waals surface area contributed by atoms with E-state index in [2.05, 4.69) is 20.8 Å². The summed E-state index contributed by atoms with van der Waals surface area (Å²) in [6, 6.07) is 7.12. The molecule has 0 aliphatic carbocycles. The second kappa shape index (κ2) is 11.1. The molecular weight excluding hydrogens is 570 g/mol. The number of ether oxygens (including phenoxy) is 1. The van der Waals surface area contributed by atoms with Crippen LogP contribution in [0.3, 0.4) is 0 Å². The molecule has 0 radical (unpaired) electrons. The quantitative estimate of drug-likeness (QED) is 0.376. The summed E-state index contributed by atoms with van der Waals surface area (Å²) in [5.74, 6) is -2.86. The maximum atomic E-state index is 13.9. The van der Waals surface area contributed by atoms with E-state index in [0.29, 0.717) is 30.4 Å². The highest BCUT2D eigenvalue weighted by molar-refractivity contribution is 7.89. The lowest BCUT2D eigenvalue weighted by atomic mass is 9.84. The molecule has 2 amide bonds. The van der Waals surface area contributed by atoms with Gasteiger partial charge in [0.2, 0.25) is 10.0 Å². The van der Waals surface area contributed by atoms with Gasteiger partial charge in [-0.1, -0.05) is 13.8 Å². The Bertz CT molecular complexity index is 1630. The number of benzene rings is 2. The SMILES string of the molecule is CN(C)c1ccc(C(=O)Nc2n[nH]c3c2CN(S(=O)(=O)c2cc(F)cc(F)c2)CC3(C)C)c(NC(=O)[C@H]2CCCO2)c1. The van der Waals surface area contributed by atoms with Crippen LogP contribution in [0.5, 0.6) is 0 Å². The van der Waals surface area contributed by atoms with E-state index in [1.165, 1.54) is 0 Å². The fourth-order valence-corrected chi connectivity index (χ4v) is 6.83. The predicted molar refractivity (Wildman–Crippen MR) is 152 cm³/mol. The van der Waals surface area contributed by atoms with Gasteiger partial charge in [0.25, 0.3) is 11.8 Å². The number of nitrogens with one attached hydrogen (secondary N) is 3. The Morgan fingerprint density at radius 1 is 1.12 bits per heavy atom. The van der Waals surface area contributed by atoms with Crippen LogP contribution in [0.2, 0.25) is 0 Å². The number of amides is 2. The Balaban J connectivity index is 1.45. The first-order valence-corrected chi connectivity index (χ1v) is 14.8. The Hall–Kier alpha value is -3.88. The lowest BCUT2D eigenvalue weighted by molar-refractivity contribution is -0.124. The Labute approximate surface area is 242 Å². The molecule has 3 heterocycles. The van der Waals surface area contributed by atoms with Gasteiger partial charge in [-0.3, -0.25) is 14.7 Å². The molecule has 2 aliphatic heterocycles. The summed E-state index contributed by atoms with van der Waals surface area (Å²) in [7, 11) is -0.643. The fourth-order valence-electron chi connectivity index (χ4n) is 5.22. The summed E-state index contributed by atoms with van der Waals surface area (Å²) in [4.78, 5) is 27.7. The molecule has 42 heavy (non-hydrogen) atoms. The van der Waals surface area contributed by atoms with Gasteiger partial charge in [0, 0.05) is 62.2 Å². The largest absolute Gasteiger partial charge is 0.378 e. The van der Waals surface area contributed by atoms with Gasteiger partial charge in [-0.15, -0.1) is 0 Å². The Morgan fingerprint density at radius 2 is 1.83 bits per heavy atom. The van der Waals surface area contributed by atoms with Crippen LogP contribution >= 0.6 is 0 Å². The lowest BCUT2D eigenvalue weighted by Crippen LogP contribution is -2.45. The zero-order valence-electron chi connectivity index (χ0n) is 23.6. The molecule has 0 unspecified atom stereocenters. The van der Waals surface area contributed by atoms with Crippen molar-refractivity contribution in [2.45, 2.75) is 49.6 Å². The van der Waals surface area contributed by atoms with Gasteiger partial charge in [0.15, 0.2) is 5.82 Å². The van der Waals surface area contributed by atoms with E-state index in [1.807, 2.05) is 19.0 Å². The summed E-state index contributed by atoms with van der Waals surface area (Å²) in [5.41, 5.74) is 1.44. The molecule has 224 valence electrons. The van der Waals surface area contributed by atoms with E-state index in [0.717, 1.165) is 28.5 Å². The van der Waals surface area contributed by atoms with E-state index in [1.54, 1.807) is 32.0 Å². The molecule has 11 nitrogen and oxygen atoms in total. The van der Waals surface area contributed by atoms with Gasteiger partial charge in [0.1, 0.15) is 17.7 Å². The molecule has 0 saturated carbocycles. The number of anilines is 3. The van der Waals surface area contributed by atoms with Crippen LogP contribution < -0.4 is 15.5 Å². The number of hydrogen-bond donors (Lipinski definition) is 3. The van der Waals surface area contributed by atoms with Gasteiger partial charge < -0.3 is 20.3 Å². The van der Waals surface area contributed by atoms with Crippen molar-refractivity contribution in [1.82, 2.24) is 14.5 Å². The van der Waals surface area contributed by atoms with E-state index < -0.39 is 44.0 Å². The maximum absolute atomic E-state index is 13.9. The number of rotatable bonds is 7. The molecule has 1 aromatic heterocycles. The number of carbonyl (C=O) groups is 2. The van der Waals surface area contributed by atoms with Crippen molar-refractivity contribution in [2.75, 3.05) is 42.8 Å².